The van der Waals surface area contributed by atoms with Crippen LogP contribution < -0.4 is 10.6 Å². The molecule has 130 valence electrons. The van der Waals surface area contributed by atoms with Gasteiger partial charge in [-0.1, -0.05) is 0 Å². The van der Waals surface area contributed by atoms with Crippen molar-refractivity contribution in [1.82, 2.24) is 24.6 Å². The third kappa shape index (κ3) is 2.88. The molecule has 1 aliphatic rings. The molecule has 1 atom stereocenters. The van der Waals surface area contributed by atoms with Crippen molar-refractivity contribution in [2.45, 2.75) is 25.7 Å². The van der Waals surface area contributed by atoms with Gasteiger partial charge in [0, 0.05) is 19.8 Å². The van der Waals surface area contributed by atoms with Gasteiger partial charge in [-0.3, -0.25) is 9.58 Å². The molecule has 10 heteroatoms. The molecule has 7 nitrogen and oxygen atoms in total. The second-order valence-corrected chi connectivity index (χ2v) is 5.65. The molecule has 3 heterocycles. The highest BCUT2D eigenvalue weighted by atomic mass is 19.4. The van der Waals surface area contributed by atoms with Crippen LogP contribution in [0.4, 0.5) is 30.6 Å². The first-order valence-electron chi connectivity index (χ1n) is 7.46. The highest BCUT2D eigenvalue weighted by Gasteiger charge is 2.35. The van der Waals surface area contributed by atoms with E-state index in [2.05, 4.69) is 30.6 Å². The molecule has 2 aromatic rings. The van der Waals surface area contributed by atoms with Crippen LogP contribution in [0.25, 0.3) is 0 Å². The van der Waals surface area contributed by atoms with E-state index in [4.69, 9.17) is 0 Å². The quantitative estimate of drug-likeness (QED) is 0.894. The van der Waals surface area contributed by atoms with Gasteiger partial charge in [-0.05, 0) is 14.0 Å². The van der Waals surface area contributed by atoms with Gasteiger partial charge >= 0.3 is 6.18 Å². The lowest BCUT2D eigenvalue weighted by atomic mass is 10.1. The number of alkyl halides is 3. The molecule has 24 heavy (non-hydrogen) atoms. The van der Waals surface area contributed by atoms with E-state index in [1.165, 1.54) is 7.05 Å². The van der Waals surface area contributed by atoms with Crippen LogP contribution in [0.2, 0.25) is 0 Å². The van der Waals surface area contributed by atoms with Gasteiger partial charge < -0.3 is 10.6 Å². The SMILES string of the molecule is CNc1nc(Nc2cnn3c2C(C)N(C)CC3)ncc1C(F)(F)F. The van der Waals surface area contributed by atoms with Gasteiger partial charge in [-0.2, -0.15) is 23.3 Å². The summed E-state index contributed by atoms with van der Waals surface area (Å²) < 4.78 is 40.6. The van der Waals surface area contributed by atoms with Gasteiger partial charge in [0.05, 0.1) is 30.2 Å². The molecule has 0 spiro atoms. The zero-order valence-corrected chi connectivity index (χ0v) is 13.5. The van der Waals surface area contributed by atoms with Crippen molar-refractivity contribution in [3.63, 3.8) is 0 Å². The molecule has 1 aliphatic heterocycles. The number of rotatable bonds is 3. The van der Waals surface area contributed by atoms with Crippen LogP contribution >= 0.6 is 0 Å². The van der Waals surface area contributed by atoms with E-state index < -0.39 is 11.7 Å². The Bertz CT molecular complexity index is 740. The molecule has 0 aliphatic carbocycles. The predicted molar refractivity (Wildman–Crippen MR) is 83.1 cm³/mol. The maximum Gasteiger partial charge on any atom is 0.421 e. The number of nitrogens with zero attached hydrogens (tertiary/aromatic N) is 5. The van der Waals surface area contributed by atoms with Crippen molar-refractivity contribution < 1.29 is 13.2 Å². The molecular formula is C14H18F3N7. The number of likely N-dealkylation sites (N-methyl/N-ethyl adjacent to an activating group) is 1. The lowest BCUT2D eigenvalue weighted by Crippen LogP contribution is -2.34. The topological polar surface area (TPSA) is 70.9 Å². The van der Waals surface area contributed by atoms with Gasteiger partial charge in [0.15, 0.2) is 0 Å². The second kappa shape index (κ2) is 5.93. The number of aromatic nitrogens is 4. The Kier molecular flexibility index (Phi) is 4.08. The van der Waals surface area contributed by atoms with Crippen LogP contribution in [-0.2, 0) is 12.7 Å². The van der Waals surface area contributed by atoms with Crippen molar-refractivity contribution >= 4 is 17.5 Å². The maximum absolute atomic E-state index is 12.9. The van der Waals surface area contributed by atoms with E-state index in [-0.39, 0.29) is 17.8 Å². The van der Waals surface area contributed by atoms with E-state index in [1.54, 1.807) is 6.20 Å². The predicted octanol–water partition coefficient (Wildman–Crippen LogP) is 2.48. The summed E-state index contributed by atoms with van der Waals surface area (Å²) >= 11 is 0. The first-order chi connectivity index (χ1) is 11.3. The van der Waals surface area contributed by atoms with Crippen LogP contribution in [-0.4, -0.2) is 45.3 Å². The van der Waals surface area contributed by atoms with Crippen LogP contribution in [0.15, 0.2) is 12.4 Å². The summed E-state index contributed by atoms with van der Waals surface area (Å²) in [4.78, 5) is 9.89. The van der Waals surface area contributed by atoms with Crippen molar-refractivity contribution in [3.8, 4) is 0 Å². The zero-order chi connectivity index (χ0) is 17.5. The van der Waals surface area contributed by atoms with Gasteiger partial charge in [0.2, 0.25) is 5.95 Å². The number of anilines is 3. The summed E-state index contributed by atoms with van der Waals surface area (Å²) in [6.45, 7) is 3.69. The third-order valence-electron chi connectivity index (χ3n) is 4.18. The van der Waals surface area contributed by atoms with Gasteiger partial charge in [0.25, 0.3) is 0 Å². The molecule has 0 saturated carbocycles. The van der Waals surface area contributed by atoms with E-state index in [9.17, 15) is 13.2 Å². The Labute approximate surface area is 136 Å². The second-order valence-electron chi connectivity index (χ2n) is 5.65. The summed E-state index contributed by atoms with van der Waals surface area (Å²) in [6.07, 6.45) is -2.09. The average molecular weight is 341 g/mol. The highest BCUT2D eigenvalue weighted by molar-refractivity contribution is 5.59. The Hall–Kier alpha value is -2.36. The Morgan fingerprint density at radius 1 is 1.25 bits per heavy atom. The number of fused-ring (bicyclic) bond motifs is 1. The molecule has 0 aromatic carbocycles. The molecule has 0 bridgehead atoms. The molecule has 0 fully saturated rings. The van der Waals surface area contributed by atoms with Crippen molar-refractivity contribution in [1.29, 1.82) is 0 Å². The van der Waals surface area contributed by atoms with Gasteiger partial charge in [-0.25, -0.2) is 4.98 Å². The largest absolute Gasteiger partial charge is 0.421 e. The highest BCUT2D eigenvalue weighted by Crippen LogP contribution is 2.35. The third-order valence-corrected chi connectivity index (χ3v) is 4.18. The van der Waals surface area contributed by atoms with Crippen LogP contribution in [0.1, 0.15) is 24.2 Å². The Morgan fingerprint density at radius 2 is 2.00 bits per heavy atom. The molecule has 2 aromatic heterocycles. The van der Waals surface area contributed by atoms with Crippen LogP contribution in [0.5, 0.6) is 0 Å². The van der Waals surface area contributed by atoms with Crippen LogP contribution in [0.3, 0.4) is 0 Å². The fraction of sp³-hybridized carbons (Fsp3) is 0.500. The first-order valence-corrected chi connectivity index (χ1v) is 7.46. The normalized spacial score (nSPS) is 18.3. The standard InChI is InChI=1S/C14H18F3N7/c1-8-11-10(7-20-24(11)5-4-23(8)3)21-13-19-6-9(14(15,16)17)12(18-2)22-13/h6-8H,4-5H2,1-3H3,(H2,18,19,21,22). The Morgan fingerprint density at radius 3 is 2.67 bits per heavy atom. The monoisotopic (exact) mass is 341 g/mol. The van der Waals surface area contributed by atoms with Crippen molar-refractivity contribution in [3.05, 3.63) is 23.7 Å². The maximum atomic E-state index is 12.9. The number of halogens is 3. The average Bonchev–Trinajstić information content (AvgIpc) is 2.93. The minimum absolute atomic E-state index is 0.0866. The summed E-state index contributed by atoms with van der Waals surface area (Å²) in [5, 5.41) is 9.75. The minimum atomic E-state index is -4.51. The van der Waals surface area contributed by atoms with E-state index in [1.807, 2.05) is 18.7 Å². The van der Waals surface area contributed by atoms with Crippen LogP contribution in [0, 0.1) is 0 Å². The molecular weight excluding hydrogens is 323 g/mol. The minimum Gasteiger partial charge on any atom is -0.372 e. The number of hydrogen-bond acceptors (Lipinski definition) is 6. The molecule has 0 radical (unpaired) electrons. The molecule has 3 rings (SSSR count). The van der Waals surface area contributed by atoms with Crippen molar-refractivity contribution in [2.75, 3.05) is 31.3 Å². The molecule has 0 amide bonds. The molecule has 1 unspecified atom stereocenters. The van der Waals surface area contributed by atoms with Gasteiger partial charge in [-0.15, -0.1) is 0 Å². The summed E-state index contributed by atoms with van der Waals surface area (Å²) in [5.41, 5.74) is 0.745. The molecule has 2 N–H and O–H groups in total. The Balaban J connectivity index is 1.92. The number of hydrogen-bond donors (Lipinski definition) is 2. The summed E-state index contributed by atoms with van der Waals surface area (Å²) in [6, 6.07) is 0.127. The molecule has 0 saturated heterocycles. The number of nitrogens with one attached hydrogen (secondary N) is 2. The van der Waals surface area contributed by atoms with E-state index in [0.717, 1.165) is 25.0 Å². The van der Waals surface area contributed by atoms with E-state index in [0.29, 0.717) is 5.69 Å². The first kappa shape index (κ1) is 16.5. The lowest BCUT2D eigenvalue weighted by molar-refractivity contribution is -0.137. The smallest absolute Gasteiger partial charge is 0.372 e. The van der Waals surface area contributed by atoms with Crippen molar-refractivity contribution in [2.24, 2.45) is 0 Å². The fourth-order valence-electron chi connectivity index (χ4n) is 2.73. The lowest BCUT2D eigenvalue weighted by Gasteiger charge is -2.31. The fourth-order valence-corrected chi connectivity index (χ4v) is 2.73. The summed E-state index contributed by atoms with van der Waals surface area (Å²) in [7, 11) is 3.40. The summed E-state index contributed by atoms with van der Waals surface area (Å²) in [5.74, 6) is -0.185. The van der Waals surface area contributed by atoms with Gasteiger partial charge in [0.1, 0.15) is 11.4 Å². The van der Waals surface area contributed by atoms with E-state index >= 15 is 0 Å². The zero-order valence-electron chi connectivity index (χ0n) is 13.5.